The Bertz CT molecular complexity index is 736. The Balaban J connectivity index is 1.67. The van der Waals surface area contributed by atoms with Crippen molar-refractivity contribution in [3.63, 3.8) is 0 Å². The van der Waals surface area contributed by atoms with Crippen LogP contribution in [0.15, 0.2) is 65.7 Å². The molecule has 0 bridgehead atoms. The van der Waals surface area contributed by atoms with Gasteiger partial charge in [0.05, 0.1) is 11.6 Å². The van der Waals surface area contributed by atoms with Crippen LogP contribution in [0, 0.1) is 0 Å². The molecule has 0 saturated carbocycles. The number of hydrogen-bond acceptors (Lipinski definition) is 3. The average Bonchev–Trinajstić information content (AvgIpc) is 2.68. The van der Waals surface area contributed by atoms with Crippen LogP contribution in [0.1, 0.15) is 43.9 Å². The van der Waals surface area contributed by atoms with Crippen LogP contribution in [0.5, 0.6) is 0 Å². The van der Waals surface area contributed by atoms with Crippen molar-refractivity contribution in [2.24, 2.45) is 4.99 Å². The Morgan fingerprint density at radius 3 is 2.32 bits per heavy atom. The number of rotatable bonds is 3. The molecule has 3 nitrogen and oxygen atoms in total. The van der Waals surface area contributed by atoms with Gasteiger partial charge in [0.15, 0.2) is 5.96 Å². The van der Waals surface area contributed by atoms with E-state index in [2.05, 4.69) is 84.3 Å². The largest absolute Gasteiger partial charge is 0.336 e. The number of benzene rings is 2. The molecule has 2 aromatic rings. The van der Waals surface area contributed by atoms with Gasteiger partial charge in [-0.05, 0) is 37.8 Å². The molecule has 1 fully saturated rings. The molecule has 1 saturated heterocycles. The lowest BCUT2D eigenvalue weighted by molar-refractivity contribution is 0.120. The van der Waals surface area contributed by atoms with E-state index in [0.29, 0.717) is 6.04 Å². The summed E-state index contributed by atoms with van der Waals surface area (Å²) in [6.45, 7) is 7.71. The first-order valence-corrected chi connectivity index (χ1v) is 9.37. The molecule has 0 aliphatic carbocycles. The Morgan fingerprint density at radius 1 is 0.920 bits per heavy atom. The van der Waals surface area contributed by atoms with Crippen molar-refractivity contribution >= 4 is 5.96 Å². The molecule has 0 radical (unpaired) electrons. The third kappa shape index (κ3) is 2.92. The van der Waals surface area contributed by atoms with E-state index in [1.54, 1.807) is 0 Å². The molecule has 1 unspecified atom stereocenters. The monoisotopic (exact) mass is 333 g/mol. The van der Waals surface area contributed by atoms with E-state index in [1.165, 1.54) is 23.5 Å². The van der Waals surface area contributed by atoms with Gasteiger partial charge in [0.25, 0.3) is 0 Å². The van der Waals surface area contributed by atoms with Crippen molar-refractivity contribution in [1.82, 2.24) is 9.80 Å². The predicted octanol–water partition coefficient (Wildman–Crippen LogP) is 4.43. The van der Waals surface area contributed by atoms with Crippen molar-refractivity contribution in [3.05, 3.63) is 71.8 Å². The highest BCUT2D eigenvalue weighted by atomic mass is 15.4. The van der Waals surface area contributed by atoms with Crippen LogP contribution in [-0.2, 0) is 5.54 Å². The molecule has 0 N–H and O–H groups in total. The van der Waals surface area contributed by atoms with Gasteiger partial charge in [-0.15, -0.1) is 0 Å². The first-order valence-electron chi connectivity index (χ1n) is 9.37. The Kier molecular flexibility index (Phi) is 4.24. The van der Waals surface area contributed by atoms with E-state index in [0.717, 1.165) is 26.1 Å². The number of fused-ring (bicyclic) bond motifs is 1. The van der Waals surface area contributed by atoms with E-state index in [4.69, 9.17) is 4.99 Å². The molecule has 3 heteroatoms. The molecule has 25 heavy (non-hydrogen) atoms. The molecule has 0 amide bonds. The molecular weight excluding hydrogens is 306 g/mol. The van der Waals surface area contributed by atoms with Crippen LogP contribution in [0.2, 0.25) is 0 Å². The van der Waals surface area contributed by atoms with Crippen LogP contribution in [0.4, 0.5) is 0 Å². The lowest BCUT2D eigenvalue weighted by Crippen LogP contribution is -2.58. The quantitative estimate of drug-likeness (QED) is 0.827. The highest BCUT2D eigenvalue weighted by Crippen LogP contribution is 2.36. The first kappa shape index (κ1) is 16.2. The second-order valence-corrected chi connectivity index (χ2v) is 7.52. The van der Waals surface area contributed by atoms with Gasteiger partial charge in [-0.3, -0.25) is 4.99 Å². The zero-order chi connectivity index (χ0) is 17.3. The van der Waals surface area contributed by atoms with Crippen molar-refractivity contribution in [1.29, 1.82) is 0 Å². The van der Waals surface area contributed by atoms with Gasteiger partial charge < -0.3 is 9.80 Å². The third-order valence-corrected chi connectivity index (χ3v) is 5.65. The molecule has 2 aliphatic heterocycles. The van der Waals surface area contributed by atoms with Crippen molar-refractivity contribution in [2.75, 3.05) is 19.6 Å². The number of aliphatic imine (C=N–C) groups is 1. The van der Waals surface area contributed by atoms with Crippen molar-refractivity contribution in [2.45, 2.75) is 38.3 Å². The zero-order valence-corrected chi connectivity index (χ0v) is 15.2. The maximum Gasteiger partial charge on any atom is 0.197 e. The number of guanidine groups is 1. The van der Waals surface area contributed by atoms with Crippen molar-refractivity contribution < 1.29 is 0 Å². The summed E-state index contributed by atoms with van der Waals surface area (Å²) in [5.41, 5.74) is 2.70. The summed E-state index contributed by atoms with van der Waals surface area (Å²) in [5, 5.41) is 0. The minimum atomic E-state index is -0.0582. The summed E-state index contributed by atoms with van der Waals surface area (Å²) in [6.07, 6.45) is 2.28. The van der Waals surface area contributed by atoms with E-state index in [1.807, 2.05) is 0 Å². The van der Waals surface area contributed by atoms with Crippen molar-refractivity contribution in [3.8, 4) is 0 Å². The van der Waals surface area contributed by atoms with Crippen LogP contribution >= 0.6 is 0 Å². The number of hydrogen-bond donors (Lipinski definition) is 0. The molecule has 4 rings (SSSR count). The fourth-order valence-electron chi connectivity index (χ4n) is 4.22. The van der Waals surface area contributed by atoms with Crippen LogP contribution < -0.4 is 0 Å². The molecule has 2 heterocycles. The molecule has 2 aromatic carbocycles. The summed E-state index contributed by atoms with van der Waals surface area (Å²) in [7, 11) is 0. The zero-order valence-electron chi connectivity index (χ0n) is 15.2. The standard InChI is InChI=1S/C22H27N3/c1-22(2,19-12-7-4-8-13-19)25-17-9-16-24-20(14-15-23-21(24)25)18-10-5-3-6-11-18/h3-8,10-13,20H,9,14-17H2,1-2H3. The van der Waals surface area contributed by atoms with Gasteiger partial charge in [0, 0.05) is 19.6 Å². The maximum absolute atomic E-state index is 4.97. The minimum Gasteiger partial charge on any atom is -0.336 e. The van der Waals surface area contributed by atoms with Crippen LogP contribution in [0.3, 0.4) is 0 Å². The lowest BCUT2D eigenvalue weighted by atomic mass is 9.90. The van der Waals surface area contributed by atoms with Gasteiger partial charge in [-0.2, -0.15) is 0 Å². The molecule has 2 aliphatic rings. The smallest absolute Gasteiger partial charge is 0.197 e. The molecule has 0 spiro atoms. The minimum absolute atomic E-state index is 0.0582. The SMILES string of the molecule is CC(C)(c1ccccc1)N1CCCN2C1=NCCC2c1ccccc1. The Morgan fingerprint density at radius 2 is 1.60 bits per heavy atom. The molecule has 0 aromatic heterocycles. The highest BCUT2D eigenvalue weighted by Gasteiger charge is 2.39. The summed E-state index contributed by atoms with van der Waals surface area (Å²) >= 11 is 0. The topological polar surface area (TPSA) is 18.8 Å². The van der Waals surface area contributed by atoms with E-state index in [9.17, 15) is 0 Å². The molecule has 130 valence electrons. The third-order valence-electron chi connectivity index (χ3n) is 5.65. The van der Waals surface area contributed by atoms with Crippen LogP contribution in [0.25, 0.3) is 0 Å². The maximum atomic E-state index is 4.97. The number of nitrogens with zero attached hydrogens (tertiary/aromatic N) is 3. The summed E-state index contributed by atoms with van der Waals surface area (Å²) in [4.78, 5) is 10.0. The molecular formula is C22H27N3. The summed E-state index contributed by atoms with van der Waals surface area (Å²) < 4.78 is 0. The van der Waals surface area contributed by atoms with Gasteiger partial charge in [-0.25, -0.2) is 0 Å². The predicted molar refractivity (Wildman–Crippen MR) is 104 cm³/mol. The van der Waals surface area contributed by atoms with E-state index >= 15 is 0 Å². The van der Waals surface area contributed by atoms with Gasteiger partial charge in [0.2, 0.25) is 0 Å². The molecule has 1 atom stereocenters. The summed E-state index contributed by atoms with van der Waals surface area (Å²) in [6, 6.07) is 22.2. The fourth-order valence-corrected chi connectivity index (χ4v) is 4.22. The van der Waals surface area contributed by atoms with Gasteiger partial charge in [0.1, 0.15) is 0 Å². The van der Waals surface area contributed by atoms with Gasteiger partial charge >= 0.3 is 0 Å². The summed E-state index contributed by atoms with van der Waals surface area (Å²) in [5.74, 6) is 1.18. The van der Waals surface area contributed by atoms with E-state index < -0.39 is 0 Å². The van der Waals surface area contributed by atoms with Gasteiger partial charge in [-0.1, -0.05) is 60.7 Å². The fraction of sp³-hybridized carbons (Fsp3) is 0.409. The van der Waals surface area contributed by atoms with Crippen LogP contribution in [-0.4, -0.2) is 35.4 Å². The first-order chi connectivity index (χ1) is 12.2. The average molecular weight is 333 g/mol. The van der Waals surface area contributed by atoms with E-state index in [-0.39, 0.29) is 5.54 Å². The second kappa shape index (κ2) is 6.55. The Labute approximate surface area is 151 Å². The lowest BCUT2D eigenvalue weighted by Gasteiger charge is -2.51. The Hall–Kier alpha value is -2.29. The highest BCUT2D eigenvalue weighted by molar-refractivity contribution is 5.83. The second-order valence-electron chi connectivity index (χ2n) is 7.52. The normalized spacial score (nSPS) is 20.9.